The Labute approximate surface area is 99.9 Å². The number of nitrogens with zero attached hydrogens (tertiary/aromatic N) is 2. The second-order valence-corrected chi connectivity index (χ2v) is 3.92. The van der Waals surface area contributed by atoms with E-state index < -0.39 is 5.97 Å². The van der Waals surface area contributed by atoms with E-state index in [1.807, 2.05) is 13.8 Å². The molecule has 0 fully saturated rings. The summed E-state index contributed by atoms with van der Waals surface area (Å²) >= 11 is 0. The largest absolute Gasteiger partial charge is 0.468 e. The summed E-state index contributed by atoms with van der Waals surface area (Å²) in [6, 6.07) is 0. The van der Waals surface area contributed by atoms with Crippen LogP contribution in [0.5, 0.6) is 0 Å². The standard InChI is InChI=1S/C11H17N3O3/c1-7-9(8(2)13-12-7)5-10(15)14(3)6-11(16)17-4/h5-6H2,1-4H3,(H,12,13). The summed E-state index contributed by atoms with van der Waals surface area (Å²) < 4.78 is 4.50. The van der Waals surface area contributed by atoms with Crippen molar-refractivity contribution in [2.75, 3.05) is 20.7 Å². The summed E-state index contributed by atoms with van der Waals surface area (Å²) in [6.45, 7) is 3.67. The molecular weight excluding hydrogens is 222 g/mol. The maximum absolute atomic E-state index is 11.8. The summed E-state index contributed by atoms with van der Waals surface area (Å²) in [6.07, 6.45) is 0.238. The van der Waals surface area contributed by atoms with Crippen molar-refractivity contribution in [3.63, 3.8) is 0 Å². The zero-order valence-electron chi connectivity index (χ0n) is 10.5. The number of carbonyl (C=O) groups excluding carboxylic acids is 2. The predicted octanol–water partition coefficient (Wildman–Crippen LogP) is 0.200. The molecule has 0 aliphatic heterocycles. The third-order valence-corrected chi connectivity index (χ3v) is 2.63. The van der Waals surface area contributed by atoms with E-state index >= 15 is 0 Å². The van der Waals surface area contributed by atoms with Gasteiger partial charge in [0.2, 0.25) is 5.91 Å². The van der Waals surface area contributed by atoms with Gasteiger partial charge in [-0.3, -0.25) is 14.7 Å². The van der Waals surface area contributed by atoms with Crippen LogP contribution in [0.3, 0.4) is 0 Å². The number of H-pyrrole nitrogens is 1. The molecule has 94 valence electrons. The average molecular weight is 239 g/mol. The van der Waals surface area contributed by atoms with Gasteiger partial charge in [-0.25, -0.2) is 0 Å². The van der Waals surface area contributed by atoms with Crippen LogP contribution in [0.1, 0.15) is 17.0 Å². The quantitative estimate of drug-likeness (QED) is 0.762. The van der Waals surface area contributed by atoms with Crippen molar-refractivity contribution in [3.05, 3.63) is 17.0 Å². The third-order valence-electron chi connectivity index (χ3n) is 2.63. The number of amides is 1. The van der Waals surface area contributed by atoms with E-state index in [2.05, 4.69) is 14.9 Å². The molecule has 0 saturated heterocycles. The van der Waals surface area contributed by atoms with Gasteiger partial charge in [0.05, 0.1) is 19.2 Å². The minimum Gasteiger partial charge on any atom is -0.468 e. The van der Waals surface area contributed by atoms with Crippen molar-refractivity contribution < 1.29 is 14.3 Å². The topological polar surface area (TPSA) is 75.3 Å². The number of likely N-dealkylation sites (N-methyl/N-ethyl adjacent to an activating group) is 1. The highest BCUT2D eigenvalue weighted by atomic mass is 16.5. The lowest BCUT2D eigenvalue weighted by atomic mass is 10.1. The molecule has 1 heterocycles. The monoisotopic (exact) mass is 239 g/mol. The number of carbonyl (C=O) groups is 2. The van der Waals surface area contributed by atoms with E-state index in [-0.39, 0.29) is 18.9 Å². The first-order valence-electron chi connectivity index (χ1n) is 5.27. The zero-order valence-corrected chi connectivity index (χ0v) is 10.5. The van der Waals surface area contributed by atoms with Gasteiger partial charge < -0.3 is 9.64 Å². The van der Waals surface area contributed by atoms with Gasteiger partial charge in [0.25, 0.3) is 0 Å². The summed E-state index contributed by atoms with van der Waals surface area (Å²) in [5.41, 5.74) is 2.57. The molecule has 1 aromatic rings. The molecule has 6 heteroatoms. The first-order valence-corrected chi connectivity index (χ1v) is 5.27. The average Bonchev–Trinajstić information content (AvgIpc) is 2.60. The fourth-order valence-corrected chi connectivity index (χ4v) is 1.47. The number of aryl methyl sites for hydroxylation is 2. The van der Waals surface area contributed by atoms with Crippen LogP contribution >= 0.6 is 0 Å². The number of aromatic amines is 1. The molecule has 0 bridgehead atoms. The van der Waals surface area contributed by atoms with Crippen molar-refractivity contribution in [1.29, 1.82) is 0 Å². The van der Waals surface area contributed by atoms with E-state index in [1.54, 1.807) is 7.05 Å². The van der Waals surface area contributed by atoms with Gasteiger partial charge in [-0.05, 0) is 13.8 Å². The van der Waals surface area contributed by atoms with Gasteiger partial charge in [-0.1, -0.05) is 0 Å². The van der Waals surface area contributed by atoms with Crippen LogP contribution in [-0.4, -0.2) is 47.7 Å². The molecule has 0 spiro atoms. The molecule has 1 aromatic heterocycles. The number of ether oxygens (including phenoxy) is 1. The maximum atomic E-state index is 11.8. The third kappa shape index (κ3) is 3.30. The Balaban J connectivity index is 2.63. The van der Waals surface area contributed by atoms with Crippen LogP contribution in [0, 0.1) is 13.8 Å². The lowest BCUT2D eigenvalue weighted by Gasteiger charge is -2.15. The molecule has 1 N–H and O–H groups in total. The first-order chi connectivity index (χ1) is 7.95. The number of aromatic nitrogens is 2. The van der Waals surface area contributed by atoms with Crippen LogP contribution in [0.2, 0.25) is 0 Å². The van der Waals surface area contributed by atoms with Crippen LogP contribution in [-0.2, 0) is 20.7 Å². The molecular formula is C11H17N3O3. The van der Waals surface area contributed by atoms with Gasteiger partial charge in [0.1, 0.15) is 6.54 Å². The minimum absolute atomic E-state index is 0.0364. The number of hydrogen-bond donors (Lipinski definition) is 1. The molecule has 0 radical (unpaired) electrons. The second kappa shape index (κ2) is 5.47. The Hall–Kier alpha value is -1.85. The Morgan fingerprint density at radius 3 is 2.53 bits per heavy atom. The molecule has 6 nitrogen and oxygen atoms in total. The van der Waals surface area contributed by atoms with E-state index in [0.717, 1.165) is 17.0 Å². The van der Waals surface area contributed by atoms with Gasteiger partial charge in [-0.15, -0.1) is 0 Å². The Morgan fingerprint density at radius 2 is 2.06 bits per heavy atom. The summed E-state index contributed by atoms with van der Waals surface area (Å²) in [5, 5.41) is 6.84. The summed E-state index contributed by atoms with van der Waals surface area (Å²) in [4.78, 5) is 24.2. The van der Waals surface area contributed by atoms with Gasteiger partial charge in [-0.2, -0.15) is 5.10 Å². The van der Waals surface area contributed by atoms with Gasteiger partial charge in [0.15, 0.2) is 0 Å². The molecule has 0 unspecified atom stereocenters. The molecule has 0 aliphatic carbocycles. The Kier molecular flexibility index (Phi) is 4.25. The number of methoxy groups -OCH3 is 1. The highest BCUT2D eigenvalue weighted by Gasteiger charge is 2.16. The van der Waals surface area contributed by atoms with Crippen LogP contribution in [0.25, 0.3) is 0 Å². The van der Waals surface area contributed by atoms with Crippen molar-refractivity contribution in [1.82, 2.24) is 15.1 Å². The van der Waals surface area contributed by atoms with Crippen LogP contribution < -0.4 is 0 Å². The maximum Gasteiger partial charge on any atom is 0.325 e. The number of rotatable bonds is 4. The Morgan fingerprint density at radius 1 is 1.41 bits per heavy atom. The highest BCUT2D eigenvalue weighted by Crippen LogP contribution is 2.11. The molecule has 0 aliphatic rings. The molecule has 0 atom stereocenters. The van der Waals surface area contributed by atoms with Gasteiger partial charge in [0, 0.05) is 18.3 Å². The molecule has 1 rings (SSSR count). The second-order valence-electron chi connectivity index (χ2n) is 3.92. The smallest absolute Gasteiger partial charge is 0.325 e. The number of nitrogens with one attached hydrogen (secondary N) is 1. The fraction of sp³-hybridized carbons (Fsp3) is 0.545. The van der Waals surface area contributed by atoms with E-state index in [0.29, 0.717) is 0 Å². The summed E-state index contributed by atoms with van der Waals surface area (Å²) in [7, 11) is 2.87. The van der Waals surface area contributed by atoms with Crippen LogP contribution in [0.15, 0.2) is 0 Å². The van der Waals surface area contributed by atoms with Crippen molar-refractivity contribution in [2.24, 2.45) is 0 Å². The SMILES string of the molecule is COC(=O)CN(C)C(=O)Cc1c(C)n[nH]c1C. The number of hydrogen-bond acceptors (Lipinski definition) is 4. The van der Waals surface area contributed by atoms with E-state index in [4.69, 9.17) is 0 Å². The summed E-state index contributed by atoms with van der Waals surface area (Å²) in [5.74, 6) is -0.565. The number of esters is 1. The Bertz CT molecular complexity index is 406. The lowest BCUT2D eigenvalue weighted by molar-refractivity contribution is -0.145. The fourth-order valence-electron chi connectivity index (χ4n) is 1.47. The van der Waals surface area contributed by atoms with Crippen LogP contribution in [0.4, 0.5) is 0 Å². The van der Waals surface area contributed by atoms with Crippen molar-refractivity contribution in [3.8, 4) is 0 Å². The normalized spacial score (nSPS) is 10.1. The molecule has 0 aromatic carbocycles. The highest BCUT2D eigenvalue weighted by molar-refractivity contribution is 5.83. The first kappa shape index (κ1) is 13.2. The van der Waals surface area contributed by atoms with E-state index in [1.165, 1.54) is 12.0 Å². The molecule has 0 saturated carbocycles. The lowest BCUT2D eigenvalue weighted by Crippen LogP contribution is -2.33. The zero-order chi connectivity index (χ0) is 13.0. The molecule has 17 heavy (non-hydrogen) atoms. The minimum atomic E-state index is -0.429. The van der Waals surface area contributed by atoms with Crippen molar-refractivity contribution in [2.45, 2.75) is 20.3 Å². The van der Waals surface area contributed by atoms with Crippen molar-refractivity contribution >= 4 is 11.9 Å². The predicted molar refractivity (Wildman–Crippen MR) is 61.4 cm³/mol. The van der Waals surface area contributed by atoms with E-state index in [9.17, 15) is 9.59 Å². The van der Waals surface area contributed by atoms with Gasteiger partial charge >= 0.3 is 5.97 Å². The molecule has 1 amide bonds.